The molecule has 0 spiro atoms. The van der Waals surface area contributed by atoms with Gasteiger partial charge in [-0.1, -0.05) is 0 Å². The van der Waals surface area contributed by atoms with Crippen molar-refractivity contribution in [2.45, 2.75) is 13.0 Å². The highest BCUT2D eigenvalue weighted by Crippen LogP contribution is 2.10. The first-order chi connectivity index (χ1) is 8.63. The van der Waals surface area contributed by atoms with Gasteiger partial charge >= 0.3 is 0 Å². The lowest BCUT2D eigenvalue weighted by atomic mass is 10.1. The molecule has 1 aromatic carbocycles. The number of nitrogens with one attached hydrogen (secondary N) is 1. The van der Waals surface area contributed by atoms with Crippen LogP contribution >= 0.6 is 22.6 Å². The van der Waals surface area contributed by atoms with Gasteiger partial charge in [0.15, 0.2) is 3.77 Å². The number of rotatable bonds is 5. The predicted molar refractivity (Wildman–Crippen MR) is 73.2 cm³/mol. The maximum absolute atomic E-state index is 12.9. The zero-order valence-electron chi connectivity index (χ0n) is 9.55. The molecule has 96 valence electrons. The van der Waals surface area contributed by atoms with Crippen LogP contribution in [0.1, 0.15) is 11.3 Å². The SMILES string of the molecule is Fc1cc(F)cc(CCNCc2ccc(I)o2)c1. The zero-order valence-corrected chi connectivity index (χ0v) is 11.7. The third-order valence-corrected chi connectivity index (χ3v) is 3.02. The molecule has 2 aromatic rings. The van der Waals surface area contributed by atoms with Crippen molar-refractivity contribution in [1.29, 1.82) is 0 Å². The molecule has 0 saturated heterocycles. The van der Waals surface area contributed by atoms with Crippen LogP contribution in [0.5, 0.6) is 0 Å². The Labute approximate surface area is 118 Å². The Bertz CT molecular complexity index is 507. The van der Waals surface area contributed by atoms with Crippen LogP contribution in [0, 0.1) is 15.4 Å². The van der Waals surface area contributed by atoms with E-state index in [4.69, 9.17) is 4.42 Å². The second-order valence-corrected chi connectivity index (χ2v) is 4.97. The van der Waals surface area contributed by atoms with Gasteiger partial charge in [0.25, 0.3) is 0 Å². The Morgan fingerprint density at radius 1 is 1.11 bits per heavy atom. The second kappa shape index (κ2) is 6.29. The number of halogens is 3. The molecule has 18 heavy (non-hydrogen) atoms. The van der Waals surface area contributed by atoms with Crippen LogP contribution in [0.4, 0.5) is 8.78 Å². The van der Waals surface area contributed by atoms with Gasteiger partial charge in [-0.25, -0.2) is 8.78 Å². The first-order valence-electron chi connectivity index (χ1n) is 5.53. The average molecular weight is 363 g/mol. The molecule has 0 unspecified atom stereocenters. The molecule has 0 saturated carbocycles. The highest BCUT2D eigenvalue weighted by atomic mass is 127. The fourth-order valence-corrected chi connectivity index (χ4v) is 2.11. The van der Waals surface area contributed by atoms with Crippen LogP contribution in [0.2, 0.25) is 0 Å². The summed E-state index contributed by atoms with van der Waals surface area (Å²) < 4.78 is 32.1. The fourth-order valence-electron chi connectivity index (χ4n) is 1.65. The molecule has 0 radical (unpaired) electrons. The Hall–Kier alpha value is -0.950. The van der Waals surface area contributed by atoms with E-state index < -0.39 is 11.6 Å². The molecule has 2 rings (SSSR count). The lowest BCUT2D eigenvalue weighted by Crippen LogP contribution is -2.16. The molecule has 0 aliphatic heterocycles. The fraction of sp³-hybridized carbons (Fsp3) is 0.231. The molecule has 1 aromatic heterocycles. The van der Waals surface area contributed by atoms with E-state index in [1.165, 1.54) is 12.1 Å². The molecular weight excluding hydrogens is 351 g/mol. The quantitative estimate of drug-likeness (QED) is 0.650. The highest BCUT2D eigenvalue weighted by molar-refractivity contribution is 14.1. The normalized spacial score (nSPS) is 10.8. The average Bonchev–Trinajstić information content (AvgIpc) is 2.69. The van der Waals surface area contributed by atoms with E-state index in [2.05, 4.69) is 27.9 Å². The summed E-state index contributed by atoms with van der Waals surface area (Å²) in [4.78, 5) is 0. The van der Waals surface area contributed by atoms with Gasteiger partial charge in [0.1, 0.15) is 17.4 Å². The minimum Gasteiger partial charge on any atom is -0.454 e. The molecule has 5 heteroatoms. The van der Waals surface area contributed by atoms with Crippen LogP contribution in [0.25, 0.3) is 0 Å². The van der Waals surface area contributed by atoms with Crippen molar-refractivity contribution in [3.05, 3.63) is 57.1 Å². The Morgan fingerprint density at radius 2 is 1.83 bits per heavy atom. The Kier molecular flexibility index (Phi) is 4.71. The van der Waals surface area contributed by atoms with E-state index in [1.807, 2.05) is 12.1 Å². The lowest BCUT2D eigenvalue weighted by Gasteiger charge is -2.04. The van der Waals surface area contributed by atoms with Crippen molar-refractivity contribution < 1.29 is 13.2 Å². The summed E-state index contributed by atoms with van der Waals surface area (Å²) in [6, 6.07) is 7.36. The molecular formula is C13H12F2INO. The summed E-state index contributed by atoms with van der Waals surface area (Å²) in [5.74, 6) is -0.221. The van der Waals surface area contributed by atoms with Crippen molar-refractivity contribution in [3.63, 3.8) is 0 Å². The Balaban J connectivity index is 1.78. The molecule has 1 N–H and O–H groups in total. The molecule has 0 fully saturated rings. The van der Waals surface area contributed by atoms with Crippen LogP contribution in [-0.2, 0) is 13.0 Å². The number of hydrogen-bond acceptors (Lipinski definition) is 2. The second-order valence-electron chi connectivity index (χ2n) is 3.91. The summed E-state index contributed by atoms with van der Waals surface area (Å²) in [5, 5.41) is 3.16. The monoisotopic (exact) mass is 363 g/mol. The van der Waals surface area contributed by atoms with Gasteiger partial charge in [0, 0.05) is 6.07 Å². The van der Waals surface area contributed by atoms with Crippen LogP contribution < -0.4 is 5.32 Å². The molecule has 1 heterocycles. The van der Waals surface area contributed by atoms with Gasteiger partial charge in [-0.2, -0.15) is 0 Å². The van der Waals surface area contributed by atoms with Gasteiger partial charge in [0.2, 0.25) is 0 Å². The molecule has 0 atom stereocenters. The molecule has 0 bridgehead atoms. The standard InChI is InChI=1S/C13H12F2INO/c14-10-5-9(6-11(15)7-10)3-4-17-8-12-1-2-13(16)18-12/h1-2,5-7,17H,3-4,8H2. The first kappa shape index (κ1) is 13.5. The zero-order chi connectivity index (χ0) is 13.0. The van der Waals surface area contributed by atoms with Gasteiger partial charge in [-0.05, 0) is 65.4 Å². The van der Waals surface area contributed by atoms with Crippen LogP contribution in [0.3, 0.4) is 0 Å². The van der Waals surface area contributed by atoms with E-state index in [-0.39, 0.29) is 0 Å². The van der Waals surface area contributed by atoms with E-state index in [1.54, 1.807) is 0 Å². The van der Waals surface area contributed by atoms with Crippen molar-refractivity contribution in [2.24, 2.45) is 0 Å². The van der Waals surface area contributed by atoms with E-state index in [9.17, 15) is 8.78 Å². The van der Waals surface area contributed by atoms with Crippen molar-refractivity contribution in [2.75, 3.05) is 6.54 Å². The third kappa shape index (κ3) is 4.06. The van der Waals surface area contributed by atoms with E-state index in [0.29, 0.717) is 25.1 Å². The van der Waals surface area contributed by atoms with Gasteiger partial charge in [-0.15, -0.1) is 0 Å². The molecule has 0 aliphatic rings. The lowest BCUT2D eigenvalue weighted by molar-refractivity contribution is 0.464. The van der Waals surface area contributed by atoms with Gasteiger partial charge in [0.05, 0.1) is 6.54 Å². The molecule has 2 nitrogen and oxygen atoms in total. The van der Waals surface area contributed by atoms with Crippen LogP contribution in [0.15, 0.2) is 34.7 Å². The van der Waals surface area contributed by atoms with E-state index in [0.717, 1.165) is 15.6 Å². The topological polar surface area (TPSA) is 25.2 Å². The number of hydrogen-bond donors (Lipinski definition) is 1. The summed E-state index contributed by atoms with van der Waals surface area (Å²) in [6.07, 6.45) is 0.576. The minimum atomic E-state index is -0.536. The summed E-state index contributed by atoms with van der Waals surface area (Å²) >= 11 is 2.10. The summed E-state index contributed by atoms with van der Waals surface area (Å²) in [7, 11) is 0. The van der Waals surface area contributed by atoms with Crippen molar-refractivity contribution in [1.82, 2.24) is 5.32 Å². The summed E-state index contributed by atoms with van der Waals surface area (Å²) in [6.45, 7) is 1.25. The predicted octanol–water partition coefficient (Wildman–Crippen LogP) is 3.49. The van der Waals surface area contributed by atoms with Crippen molar-refractivity contribution >= 4 is 22.6 Å². The third-order valence-electron chi connectivity index (χ3n) is 2.44. The minimum absolute atomic E-state index is 0.536. The summed E-state index contributed by atoms with van der Waals surface area (Å²) in [5.41, 5.74) is 0.647. The first-order valence-corrected chi connectivity index (χ1v) is 6.61. The maximum Gasteiger partial charge on any atom is 0.164 e. The number of benzene rings is 1. The van der Waals surface area contributed by atoms with E-state index >= 15 is 0 Å². The Morgan fingerprint density at radius 3 is 2.44 bits per heavy atom. The van der Waals surface area contributed by atoms with Gasteiger partial charge in [-0.3, -0.25) is 0 Å². The van der Waals surface area contributed by atoms with Crippen LogP contribution in [-0.4, -0.2) is 6.54 Å². The largest absolute Gasteiger partial charge is 0.454 e. The molecule has 0 amide bonds. The molecule has 0 aliphatic carbocycles. The smallest absolute Gasteiger partial charge is 0.164 e. The number of furan rings is 1. The highest BCUT2D eigenvalue weighted by Gasteiger charge is 2.01. The van der Waals surface area contributed by atoms with Crippen molar-refractivity contribution in [3.8, 4) is 0 Å². The maximum atomic E-state index is 12.9. The van der Waals surface area contributed by atoms with Gasteiger partial charge < -0.3 is 9.73 Å².